The lowest BCUT2D eigenvalue weighted by Crippen LogP contribution is -2.20. The van der Waals surface area contributed by atoms with Gasteiger partial charge >= 0.3 is 0 Å². The number of nitrogens with zero attached hydrogens (tertiary/aromatic N) is 2. The zero-order valence-corrected chi connectivity index (χ0v) is 11.8. The lowest BCUT2D eigenvalue weighted by atomic mass is 10.1. The largest absolute Gasteiger partial charge is 0.380 e. The van der Waals surface area contributed by atoms with E-state index in [0.29, 0.717) is 5.70 Å². The van der Waals surface area contributed by atoms with Gasteiger partial charge in [0.25, 0.3) is 5.91 Å². The Kier molecular flexibility index (Phi) is 5.13. The minimum Gasteiger partial charge on any atom is -0.380 e. The number of carbonyl (C=O) groups excluding carboxylic acids is 1. The van der Waals surface area contributed by atoms with Crippen molar-refractivity contribution in [3.05, 3.63) is 41.1 Å². The van der Waals surface area contributed by atoms with Crippen LogP contribution < -0.4 is 5.32 Å². The quantitative estimate of drug-likeness (QED) is 0.666. The molecule has 1 aromatic rings. The van der Waals surface area contributed by atoms with Gasteiger partial charge in [-0.05, 0) is 25.0 Å². The second-order valence-corrected chi connectivity index (χ2v) is 4.43. The number of amides is 1. The van der Waals surface area contributed by atoms with E-state index in [0.717, 1.165) is 17.7 Å². The highest BCUT2D eigenvalue weighted by Gasteiger charge is 2.15. The van der Waals surface area contributed by atoms with Crippen molar-refractivity contribution in [1.29, 1.82) is 5.26 Å². The number of anilines is 1. The monoisotopic (exact) mass is 257 g/mol. The first-order chi connectivity index (χ1) is 9.01. The van der Waals surface area contributed by atoms with Gasteiger partial charge in [0, 0.05) is 25.5 Å². The number of hydrogen-bond acceptors (Lipinski definition) is 3. The molecule has 0 saturated carbocycles. The summed E-state index contributed by atoms with van der Waals surface area (Å²) in [5, 5.41) is 11.9. The van der Waals surface area contributed by atoms with E-state index in [2.05, 4.69) is 5.32 Å². The lowest BCUT2D eigenvalue weighted by Gasteiger charge is -2.15. The van der Waals surface area contributed by atoms with Crippen molar-refractivity contribution in [3.8, 4) is 6.07 Å². The Morgan fingerprint density at radius 1 is 1.37 bits per heavy atom. The lowest BCUT2D eigenvalue weighted by molar-refractivity contribution is -0.112. The first kappa shape index (κ1) is 14.8. The van der Waals surface area contributed by atoms with Crippen molar-refractivity contribution in [3.63, 3.8) is 0 Å². The van der Waals surface area contributed by atoms with Crippen molar-refractivity contribution >= 4 is 11.6 Å². The summed E-state index contributed by atoms with van der Waals surface area (Å²) < 4.78 is 0. The van der Waals surface area contributed by atoms with Gasteiger partial charge in [-0.3, -0.25) is 4.79 Å². The van der Waals surface area contributed by atoms with Gasteiger partial charge in [-0.2, -0.15) is 5.26 Å². The summed E-state index contributed by atoms with van der Waals surface area (Å²) in [6, 6.07) is 9.57. The van der Waals surface area contributed by atoms with Crippen LogP contribution in [-0.2, 0) is 11.2 Å². The highest BCUT2D eigenvalue weighted by molar-refractivity contribution is 6.07. The maximum absolute atomic E-state index is 12.1. The average molecular weight is 257 g/mol. The van der Waals surface area contributed by atoms with Crippen LogP contribution in [0.3, 0.4) is 0 Å². The van der Waals surface area contributed by atoms with Crippen LogP contribution in [0, 0.1) is 11.3 Å². The number of para-hydroxylation sites is 1. The molecule has 0 aliphatic carbocycles. The summed E-state index contributed by atoms with van der Waals surface area (Å²) in [6.45, 7) is 3.78. The van der Waals surface area contributed by atoms with Crippen molar-refractivity contribution in [2.24, 2.45) is 0 Å². The molecule has 1 N–H and O–H groups in total. The predicted molar refractivity (Wildman–Crippen MR) is 76.4 cm³/mol. The van der Waals surface area contributed by atoms with Gasteiger partial charge in [-0.15, -0.1) is 0 Å². The topological polar surface area (TPSA) is 56.1 Å². The van der Waals surface area contributed by atoms with Crippen LogP contribution in [-0.4, -0.2) is 24.9 Å². The minimum absolute atomic E-state index is 0.135. The van der Waals surface area contributed by atoms with Crippen molar-refractivity contribution in [2.45, 2.75) is 20.3 Å². The molecule has 1 rings (SSSR count). The summed E-state index contributed by atoms with van der Waals surface area (Å²) in [5.74, 6) is -0.366. The Labute approximate surface area is 114 Å². The zero-order valence-electron chi connectivity index (χ0n) is 11.8. The molecule has 0 aliphatic rings. The normalized spacial score (nSPS) is 11.3. The molecule has 0 atom stereocenters. The maximum atomic E-state index is 12.1. The third-order valence-corrected chi connectivity index (χ3v) is 3.02. The number of rotatable bonds is 4. The molecule has 0 radical (unpaired) electrons. The summed E-state index contributed by atoms with van der Waals surface area (Å²) in [6.07, 6.45) is 0.828. The Balaban J connectivity index is 3.03. The average Bonchev–Trinajstić information content (AvgIpc) is 2.39. The Morgan fingerprint density at radius 3 is 2.53 bits per heavy atom. The summed E-state index contributed by atoms with van der Waals surface area (Å²) in [4.78, 5) is 13.9. The Hall–Kier alpha value is -2.28. The molecular formula is C15H19N3O. The van der Waals surface area contributed by atoms with Crippen LogP contribution in [0.25, 0.3) is 0 Å². The van der Waals surface area contributed by atoms with E-state index in [1.807, 2.05) is 37.3 Å². The highest BCUT2D eigenvalue weighted by atomic mass is 16.1. The fourth-order valence-corrected chi connectivity index (χ4v) is 1.65. The van der Waals surface area contributed by atoms with E-state index in [4.69, 9.17) is 5.26 Å². The number of allylic oxidation sites excluding steroid dienone is 1. The number of hydrogen-bond donors (Lipinski definition) is 1. The van der Waals surface area contributed by atoms with Crippen molar-refractivity contribution in [1.82, 2.24) is 4.90 Å². The second kappa shape index (κ2) is 6.60. The van der Waals surface area contributed by atoms with Crippen LogP contribution in [0.5, 0.6) is 0 Å². The SMILES string of the molecule is CCc1ccccc1NC(=O)C(C#N)=C(C)N(C)C. The number of benzene rings is 1. The predicted octanol–water partition coefficient (Wildman–Crippen LogP) is 2.55. The minimum atomic E-state index is -0.366. The van der Waals surface area contributed by atoms with Gasteiger partial charge in [-0.1, -0.05) is 25.1 Å². The van der Waals surface area contributed by atoms with E-state index in [1.165, 1.54) is 0 Å². The maximum Gasteiger partial charge on any atom is 0.268 e. The molecule has 1 amide bonds. The van der Waals surface area contributed by atoms with Crippen LogP contribution >= 0.6 is 0 Å². The summed E-state index contributed by atoms with van der Waals surface area (Å²) in [5.41, 5.74) is 2.59. The summed E-state index contributed by atoms with van der Waals surface area (Å²) in [7, 11) is 3.61. The molecule has 0 saturated heterocycles. The molecule has 0 aliphatic heterocycles. The Morgan fingerprint density at radius 2 is 2.00 bits per heavy atom. The van der Waals surface area contributed by atoms with Crippen LogP contribution in [0.2, 0.25) is 0 Å². The van der Waals surface area contributed by atoms with E-state index in [9.17, 15) is 4.79 Å². The molecule has 0 bridgehead atoms. The zero-order chi connectivity index (χ0) is 14.4. The van der Waals surface area contributed by atoms with Crippen molar-refractivity contribution < 1.29 is 4.79 Å². The van der Waals surface area contributed by atoms with Gasteiger partial charge < -0.3 is 10.2 Å². The third kappa shape index (κ3) is 3.59. The van der Waals surface area contributed by atoms with E-state index in [-0.39, 0.29) is 11.5 Å². The van der Waals surface area contributed by atoms with E-state index in [1.54, 1.807) is 25.9 Å². The van der Waals surface area contributed by atoms with Gasteiger partial charge in [0.1, 0.15) is 11.6 Å². The number of nitriles is 1. The Bertz CT molecular complexity index is 539. The summed E-state index contributed by atoms with van der Waals surface area (Å²) >= 11 is 0. The molecule has 100 valence electrons. The molecule has 0 aromatic heterocycles. The fraction of sp³-hybridized carbons (Fsp3) is 0.333. The number of aryl methyl sites for hydroxylation is 1. The molecule has 4 heteroatoms. The van der Waals surface area contributed by atoms with Gasteiger partial charge in [-0.25, -0.2) is 0 Å². The number of carbonyl (C=O) groups is 1. The fourth-order valence-electron chi connectivity index (χ4n) is 1.65. The third-order valence-electron chi connectivity index (χ3n) is 3.02. The van der Waals surface area contributed by atoms with E-state index < -0.39 is 0 Å². The molecule has 0 spiro atoms. The highest BCUT2D eigenvalue weighted by Crippen LogP contribution is 2.17. The van der Waals surface area contributed by atoms with Gasteiger partial charge in [0.05, 0.1) is 0 Å². The van der Waals surface area contributed by atoms with Gasteiger partial charge in [0.2, 0.25) is 0 Å². The molecular weight excluding hydrogens is 238 g/mol. The first-order valence-electron chi connectivity index (χ1n) is 6.18. The molecule has 0 fully saturated rings. The molecule has 0 unspecified atom stereocenters. The molecule has 19 heavy (non-hydrogen) atoms. The molecule has 1 aromatic carbocycles. The molecule has 0 heterocycles. The van der Waals surface area contributed by atoms with Crippen molar-refractivity contribution in [2.75, 3.05) is 19.4 Å². The van der Waals surface area contributed by atoms with E-state index >= 15 is 0 Å². The first-order valence-corrected chi connectivity index (χ1v) is 6.18. The smallest absolute Gasteiger partial charge is 0.268 e. The molecule has 4 nitrogen and oxygen atoms in total. The standard InChI is InChI=1S/C15H19N3O/c1-5-12-8-6-7-9-14(12)17-15(19)13(10-16)11(2)18(3)4/h6-9H,5H2,1-4H3,(H,17,19). The van der Waals surface area contributed by atoms with Crippen LogP contribution in [0.4, 0.5) is 5.69 Å². The van der Waals surface area contributed by atoms with Crippen LogP contribution in [0.1, 0.15) is 19.4 Å². The second-order valence-electron chi connectivity index (χ2n) is 4.43. The van der Waals surface area contributed by atoms with Crippen LogP contribution in [0.15, 0.2) is 35.5 Å². The number of nitrogens with one attached hydrogen (secondary N) is 1. The van der Waals surface area contributed by atoms with Gasteiger partial charge in [0.15, 0.2) is 0 Å².